The van der Waals surface area contributed by atoms with E-state index in [4.69, 9.17) is 14.2 Å². The molecule has 7 heteroatoms. The molecule has 2 rings (SSSR count). The van der Waals surface area contributed by atoms with Gasteiger partial charge in [0, 0.05) is 0 Å². The maximum absolute atomic E-state index is 13.2. The Balaban J connectivity index is 2.03. The lowest BCUT2D eigenvalue weighted by Crippen LogP contribution is -2.43. The number of imidazole rings is 1. The van der Waals surface area contributed by atoms with Crippen LogP contribution in [0.1, 0.15) is 79.4 Å². The van der Waals surface area contributed by atoms with Gasteiger partial charge in [0.1, 0.15) is 37.6 Å². The molecule has 200 valence electrons. The molecular formula is C29H45N2O5+. The van der Waals surface area contributed by atoms with E-state index < -0.39 is 22.4 Å². The second-order valence-electron chi connectivity index (χ2n) is 11.1. The number of rotatable bonds is 14. The van der Waals surface area contributed by atoms with Gasteiger partial charge in [0.05, 0.1) is 24.2 Å². The van der Waals surface area contributed by atoms with Crippen molar-refractivity contribution < 1.29 is 28.4 Å². The maximum atomic E-state index is 13.2. The Hall–Kier alpha value is -2.67. The van der Waals surface area contributed by atoms with Crippen LogP contribution in [-0.2, 0) is 43.5 Å². The van der Waals surface area contributed by atoms with Gasteiger partial charge in [-0.1, -0.05) is 38.1 Å². The Bertz CT molecular complexity index is 993. The highest BCUT2D eigenvalue weighted by atomic mass is 16.6. The molecule has 1 atom stereocenters. The monoisotopic (exact) mass is 501 g/mol. The van der Waals surface area contributed by atoms with E-state index in [1.54, 1.807) is 6.92 Å². The smallest absolute Gasteiger partial charge is 0.317 e. The summed E-state index contributed by atoms with van der Waals surface area (Å²) in [5.74, 6) is -0.779. The molecule has 1 aromatic carbocycles. The van der Waals surface area contributed by atoms with E-state index in [0.717, 1.165) is 30.6 Å². The first-order chi connectivity index (χ1) is 16.8. The summed E-state index contributed by atoms with van der Waals surface area (Å²) in [5.41, 5.74) is -0.0817. The molecule has 0 fully saturated rings. The van der Waals surface area contributed by atoms with Crippen LogP contribution >= 0.6 is 0 Å². The van der Waals surface area contributed by atoms with Crippen LogP contribution in [0.5, 0.6) is 0 Å². The third-order valence-corrected chi connectivity index (χ3v) is 6.95. The normalized spacial score (nSPS) is 13.8. The molecular weight excluding hydrogens is 456 g/mol. The molecule has 2 aromatic rings. The Labute approximate surface area is 216 Å². The quantitative estimate of drug-likeness (QED) is 0.267. The number of aromatic nitrogens is 2. The minimum atomic E-state index is -1.12. The van der Waals surface area contributed by atoms with Gasteiger partial charge in [0.25, 0.3) is 0 Å². The van der Waals surface area contributed by atoms with Crippen LogP contribution in [0.3, 0.4) is 0 Å². The van der Waals surface area contributed by atoms with Gasteiger partial charge in [-0.2, -0.15) is 0 Å². The summed E-state index contributed by atoms with van der Waals surface area (Å²) in [5, 5.41) is 0. The summed E-state index contributed by atoms with van der Waals surface area (Å²) in [6.07, 6.45) is 7.61. The van der Waals surface area contributed by atoms with Crippen molar-refractivity contribution in [3.8, 4) is 0 Å². The summed E-state index contributed by atoms with van der Waals surface area (Å²) in [4.78, 5) is 25.8. The molecule has 0 radical (unpaired) electrons. The van der Waals surface area contributed by atoms with Crippen molar-refractivity contribution in [2.45, 2.75) is 93.5 Å². The van der Waals surface area contributed by atoms with Gasteiger partial charge in [0.2, 0.25) is 6.33 Å². The third kappa shape index (κ3) is 8.47. The van der Waals surface area contributed by atoms with Gasteiger partial charge in [-0.05, 0) is 65.5 Å². The number of ether oxygens (including phenoxy) is 3. The molecule has 7 nitrogen and oxygen atoms in total. The van der Waals surface area contributed by atoms with Crippen LogP contribution < -0.4 is 4.57 Å². The van der Waals surface area contributed by atoms with Crippen molar-refractivity contribution in [2.75, 3.05) is 13.2 Å². The minimum absolute atomic E-state index is 0.0958. The molecule has 36 heavy (non-hydrogen) atoms. The number of nitrogens with zero attached hydrogens (tertiary/aromatic N) is 2. The summed E-state index contributed by atoms with van der Waals surface area (Å²) >= 11 is 0. The summed E-state index contributed by atoms with van der Waals surface area (Å²) in [7, 11) is 0. The molecule has 0 saturated carbocycles. The highest BCUT2D eigenvalue weighted by Crippen LogP contribution is 2.28. The van der Waals surface area contributed by atoms with E-state index in [9.17, 15) is 9.59 Å². The molecule has 0 aliphatic carbocycles. The fourth-order valence-corrected chi connectivity index (χ4v) is 3.17. The van der Waals surface area contributed by atoms with Gasteiger partial charge >= 0.3 is 11.9 Å². The largest absolute Gasteiger partial charge is 0.464 e. The molecule has 0 aliphatic rings. The van der Waals surface area contributed by atoms with Gasteiger partial charge in [0.15, 0.2) is 0 Å². The zero-order valence-electron chi connectivity index (χ0n) is 23.4. The van der Waals surface area contributed by atoms with Gasteiger partial charge in [-0.15, -0.1) is 0 Å². The molecule has 1 heterocycles. The van der Waals surface area contributed by atoms with Crippen LogP contribution in [0.25, 0.3) is 0 Å². The van der Waals surface area contributed by atoms with E-state index in [-0.39, 0.29) is 25.8 Å². The summed E-state index contributed by atoms with van der Waals surface area (Å²) < 4.78 is 21.6. The zero-order valence-corrected chi connectivity index (χ0v) is 23.4. The Morgan fingerprint density at radius 2 is 1.50 bits per heavy atom. The Kier molecular flexibility index (Phi) is 10.3. The second kappa shape index (κ2) is 12.5. The van der Waals surface area contributed by atoms with Crippen LogP contribution in [0.15, 0.2) is 43.0 Å². The van der Waals surface area contributed by atoms with E-state index in [0.29, 0.717) is 6.42 Å². The van der Waals surface area contributed by atoms with Crippen molar-refractivity contribution in [3.63, 3.8) is 0 Å². The van der Waals surface area contributed by atoms with Crippen LogP contribution in [0.4, 0.5) is 0 Å². The van der Waals surface area contributed by atoms with Crippen LogP contribution in [0, 0.1) is 10.8 Å². The van der Waals surface area contributed by atoms with Crippen molar-refractivity contribution >= 4 is 11.9 Å². The first-order valence-electron chi connectivity index (χ1n) is 12.9. The molecule has 0 amide bonds. The lowest BCUT2D eigenvalue weighted by atomic mass is 9.89. The zero-order chi connectivity index (χ0) is 27.0. The highest BCUT2D eigenvalue weighted by Gasteiger charge is 2.40. The van der Waals surface area contributed by atoms with Crippen molar-refractivity contribution in [1.82, 2.24) is 4.57 Å². The lowest BCUT2D eigenvalue weighted by Gasteiger charge is -2.33. The van der Waals surface area contributed by atoms with Crippen LogP contribution in [-0.4, -0.2) is 35.3 Å². The van der Waals surface area contributed by atoms with Gasteiger partial charge < -0.3 is 14.2 Å². The number of hydrogen-bond donors (Lipinski definition) is 0. The number of esters is 2. The molecule has 0 saturated heterocycles. The second-order valence-corrected chi connectivity index (χ2v) is 11.1. The number of carbonyl (C=O) groups excluding carboxylic acids is 2. The average Bonchev–Trinajstić information content (AvgIpc) is 3.33. The molecule has 1 aromatic heterocycles. The lowest BCUT2D eigenvalue weighted by molar-refractivity contribution is -0.687. The van der Waals surface area contributed by atoms with Crippen molar-refractivity contribution in [1.29, 1.82) is 0 Å². The summed E-state index contributed by atoms with van der Waals surface area (Å²) in [6.45, 7) is 17.3. The predicted octanol–water partition coefficient (Wildman–Crippen LogP) is 5.08. The van der Waals surface area contributed by atoms with E-state index in [1.807, 2.05) is 65.8 Å². The molecule has 0 N–H and O–H groups in total. The number of aryl methyl sites for hydroxylation is 1. The van der Waals surface area contributed by atoms with Crippen molar-refractivity contribution in [2.24, 2.45) is 10.8 Å². The SMILES string of the molecule is CCn1cc[n+](Cc2ccc(COC(=O)C(C)(COC(=O)C(C)(C)CC)COC(C)(C)CC)cc2)c1. The molecule has 0 bridgehead atoms. The van der Waals surface area contributed by atoms with Gasteiger partial charge in [-0.3, -0.25) is 9.59 Å². The average molecular weight is 502 g/mol. The predicted molar refractivity (Wildman–Crippen MR) is 139 cm³/mol. The first-order valence-corrected chi connectivity index (χ1v) is 12.9. The first kappa shape index (κ1) is 29.6. The Morgan fingerprint density at radius 3 is 2.06 bits per heavy atom. The highest BCUT2D eigenvalue weighted by molar-refractivity contribution is 5.79. The standard InChI is InChI=1S/C29H45N2O5/c1-9-27(4,5)25(32)35-20-29(8,21-36-28(6,7)10-2)26(33)34-19-24-14-12-23(13-15-24)18-31-17-16-30(11-3)22-31/h12-17,22H,9-11,18-21H2,1-8H3/q+1. The third-order valence-electron chi connectivity index (χ3n) is 6.95. The molecule has 1 unspecified atom stereocenters. The fraction of sp³-hybridized carbons (Fsp3) is 0.621. The van der Waals surface area contributed by atoms with Crippen LogP contribution in [0.2, 0.25) is 0 Å². The Morgan fingerprint density at radius 1 is 0.861 bits per heavy atom. The maximum Gasteiger partial charge on any atom is 0.317 e. The number of carbonyl (C=O) groups is 2. The molecule has 0 spiro atoms. The topological polar surface area (TPSA) is 70.6 Å². The fourth-order valence-electron chi connectivity index (χ4n) is 3.17. The van der Waals surface area contributed by atoms with E-state index in [2.05, 4.69) is 34.8 Å². The minimum Gasteiger partial charge on any atom is -0.464 e. The van der Waals surface area contributed by atoms with E-state index >= 15 is 0 Å². The van der Waals surface area contributed by atoms with Gasteiger partial charge in [-0.25, -0.2) is 9.13 Å². The van der Waals surface area contributed by atoms with Crippen molar-refractivity contribution in [3.05, 3.63) is 54.1 Å². The number of benzene rings is 1. The summed E-state index contributed by atoms with van der Waals surface area (Å²) in [6, 6.07) is 8.02. The molecule has 0 aliphatic heterocycles. The number of hydrogen-bond acceptors (Lipinski definition) is 5. The van der Waals surface area contributed by atoms with E-state index in [1.165, 1.54) is 0 Å².